The number of ether oxygens (including phenoxy) is 2. The van der Waals surface area contributed by atoms with E-state index in [4.69, 9.17) is 21.7 Å². The van der Waals surface area contributed by atoms with Gasteiger partial charge in [-0.1, -0.05) is 36.6 Å². The van der Waals surface area contributed by atoms with Crippen LogP contribution in [0.25, 0.3) is 6.08 Å². The molecule has 0 N–H and O–H groups in total. The molecule has 24 heavy (non-hydrogen) atoms. The van der Waals surface area contributed by atoms with Crippen LogP contribution in [0.1, 0.15) is 19.4 Å². The Hall–Kier alpha value is -1.06. The maximum atomic E-state index is 12.3. The van der Waals surface area contributed by atoms with Crippen LogP contribution in [0, 0.1) is 3.57 Å². The molecule has 0 spiro atoms. The van der Waals surface area contributed by atoms with E-state index >= 15 is 0 Å². The maximum absolute atomic E-state index is 12.3. The second kappa shape index (κ2) is 8.87. The summed E-state index contributed by atoms with van der Waals surface area (Å²) < 4.78 is 12.9. The Labute approximate surface area is 165 Å². The first kappa shape index (κ1) is 19.3. The highest BCUT2D eigenvalue weighted by Gasteiger charge is 2.30. The van der Waals surface area contributed by atoms with Gasteiger partial charge in [-0.2, -0.15) is 0 Å². The molecule has 1 amide bonds. The normalized spacial score (nSPS) is 16.0. The van der Waals surface area contributed by atoms with Gasteiger partial charge >= 0.3 is 0 Å². The fourth-order valence-electron chi connectivity index (χ4n) is 2.14. The first-order valence-corrected chi connectivity index (χ1v) is 9.77. The molecular formula is C17H18INO3S2. The molecule has 1 aliphatic rings. The summed E-state index contributed by atoms with van der Waals surface area (Å²) >= 11 is 8.77. The molecule has 4 nitrogen and oxygen atoms in total. The van der Waals surface area contributed by atoms with Gasteiger partial charge in [0.25, 0.3) is 5.91 Å². The van der Waals surface area contributed by atoms with Crippen molar-refractivity contribution in [1.29, 1.82) is 0 Å². The number of hydrogen-bond donors (Lipinski definition) is 0. The van der Waals surface area contributed by atoms with E-state index in [0.29, 0.717) is 40.5 Å². The zero-order valence-corrected chi connectivity index (χ0v) is 17.3. The Morgan fingerprint density at radius 1 is 1.38 bits per heavy atom. The molecule has 0 bridgehead atoms. The molecule has 0 atom stereocenters. The fourth-order valence-corrected chi connectivity index (χ4v) is 4.31. The van der Waals surface area contributed by atoms with Crippen LogP contribution < -0.4 is 9.47 Å². The van der Waals surface area contributed by atoms with Gasteiger partial charge in [-0.25, -0.2) is 0 Å². The molecule has 1 heterocycles. The highest BCUT2D eigenvalue weighted by atomic mass is 127. The zero-order valence-electron chi connectivity index (χ0n) is 13.5. The first-order valence-electron chi connectivity index (χ1n) is 7.47. The monoisotopic (exact) mass is 475 g/mol. The van der Waals surface area contributed by atoms with Gasteiger partial charge in [0.2, 0.25) is 0 Å². The maximum Gasteiger partial charge on any atom is 0.266 e. The zero-order chi connectivity index (χ0) is 17.7. The molecule has 0 saturated carbocycles. The van der Waals surface area contributed by atoms with Crippen LogP contribution in [0.15, 0.2) is 29.7 Å². The second-order valence-electron chi connectivity index (χ2n) is 4.79. The molecule has 1 fully saturated rings. The van der Waals surface area contributed by atoms with E-state index in [1.807, 2.05) is 32.1 Å². The van der Waals surface area contributed by atoms with Crippen LogP contribution in [-0.2, 0) is 4.79 Å². The standard InChI is InChI=1S/C17H18INO3S2/c1-4-7-22-15-12(18)8-11(9-13(15)21-6-3)10-14-16(20)19(5-2)17(23)24-14/h4,8-10H,1,5-7H2,2-3H3. The Kier molecular flexibility index (Phi) is 7.12. The van der Waals surface area contributed by atoms with Crippen LogP contribution >= 0.6 is 46.6 Å². The Morgan fingerprint density at radius 2 is 2.12 bits per heavy atom. The summed E-state index contributed by atoms with van der Waals surface area (Å²) in [6.45, 7) is 9.01. The first-order chi connectivity index (χ1) is 11.5. The number of nitrogens with zero attached hydrogens (tertiary/aromatic N) is 1. The number of benzene rings is 1. The van der Waals surface area contributed by atoms with Crippen LogP contribution in [0.4, 0.5) is 0 Å². The van der Waals surface area contributed by atoms with Gasteiger partial charge in [0.1, 0.15) is 10.9 Å². The summed E-state index contributed by atoms with van der Waals surface area (Å²) in [7, 11) is 0. The van der Waals surface area contributed by atoms with Crippen molar-refractivity contribution in [2.75, 3.05) is 19.8 Å². The van der Waals surface area contributed by atoms with Gasteiger partial charge in [-0.05, 0) is 60.2 Å². The molecule has 1 aliphatic heterocycles. The molecule has 0 radical (unpaired) electrons. The third-order valence-corrected chi connectivity index (χ3v) is 5.34. The van der Waals surface area contributed by atoms with Crippen molar-refractivity contribution in [3.63, 3.8) is 0 Å². The second-order valence-corrected chi connectivity index (χ2v) is 7.63. The van der Waals surface area contributed by atoms with E-state index < -0.39 is 0 Å². The predicted octanol–water partition coefficient (Wildman–Crippen LogP) is 4.48. The molecule has 2 rings (SSSR count). The minimum Gasteiger partial charge on any atom is -0.490 e. The van der Waals surface area contributed by atoms with E-state index in [9.17, 15) is 4.79 Å². The molecule has 1 saturated heterocycles. The van der Waals surface area contributed by atoms with E-state index in [0.717, 1.165) is 9.13 Å². The lowest BCUT2D eigenvalue weighted by molar-refractivity contribution is -0.121. The molecule has 1 aromatic rings. The fraction of sp³-hybridized carbons (Fsp3) is 0.294. The average molecular weight is 475 g/mol. The van der Waals surface area contributed by atoms with Gasteiger partial charge in [0, 0.05) is 6.54 Å². The molecule has 7 heteroatoms. The summed E-state index contributed by atoms with van der Waals surface area (Å²) in [5, 5.41) is 0. The lowest BCUT2D eigenvalue weighted by Gasteiger charge is -2.14. The lowest BCUT2D eigenvalue weighted by Crippen LogP contribution is -2.27. The van der Waals surface area contributed by atoms with Gasteiger partial charge in [-0.15, -0.1) is 0 Å². The Balaban J connectivity index is 2.38. The van der Waals surface area contributed by atoms with Crippen molar-refractivity contribution in [3.05, 3.63) is 38.8 Å². The molecular weight excluding hydrogens is 457 g/mol. The predicted molar refractivity (Wildman–Crippen MR) is 112 cm³/mol. The van der Waals surface area contributed by atoms with E-state index in [-0.39, 0.29) is 5.91 Å². The molecule has 128 valence electrons. The van der Waals surface area contributed by atoms with Crippen LogP contribution in [0.5, 0.6) is 11.5 Å². The van der Waals surface area contributed by atoms with Crippen molar-refractivity contribution in [2.24, 2.45) is 0 Å². The summed E-state index contributed by atoms with van der Waals surface area (Å²) in [5.74, 6) is 1.30. The smallest absolute Gasteiger partial charge is 0.266 e. The largest absolute Gasteiger partial charge is 0.490 e. The quantitative estimate of drug-likeness (QED) is 0.252. The van der Waals surface area contributed by atoms with E-state index in [2.05, 4.69) is 29.2 Å². The number of halogens is 1. The van der Waals surface area contributed by atoms with Gasteiger partial charge < -0.3 is 9.47 Å². The third-order valence-electron chi connectivity index (χ3n) is 3.16. The Morgan fingerprint density at radius 3 is 2.71 bits per heavy atom. The summed E-state index contributed by atoms with van der Waals surface area (Å²) in [5.41, 5.74) is 0.880. The van der Waals surface area contributed by atoms with Gasteiger partial charge in [0.15, 0.2) is 11.5 Å². The lowest BCUT2D eigenvalue weighted by atomic mass is 10.2. The molecule has 0 aromatic heterocycles. The van der Waals surface area contributed by atoms with Crippen LogP contribution in [0.2, 0.25) is 0 Å². The minimum atomic E-state index is -0.0487. The van der Waals surface area contributed by atoms with Crippen molar-refractivity contribution in [3.8, 4) is 11.5 Å². The van der Waals surface area contributed by atoms with E-state index in [1.54, 1.807) is 11.0 Å². The molecule has 1 aromatic carbocycles. The van der Waals surface area contributed by atoms with Crippen LogP contribution in [-0.4, -0.2) is 34.9 Å². The van der Waals surface area contributed by atoms with Crippen molar-refractivity contribution >= 4 is 62.9 Å². The molecule has 0 unspecified atom stereocenters. The average Bonchev–Trinajstić information content (AvgIpc) is 2.80. The number of likely N-dealkylation sites (N-methyl/N-ethyl adjacent to an activating group) is 1. The third kappa shape index (κ3) is 4.31. The number of carbonyl (C=O) groups excluding carboxylic acids is 1. The number of hydrogen-bond acceptors (Lipinski definition) is 5. The SMILES string of the molecule is C=CCOc1c(I)cc(C=C2SC(=S)N(CC)C2=O)cc1OCC. The summed E-state index contributed by atoms with van der Waals surface area (Å²) in [4.78, 5) is 14.6. The highest BCUT2D eigenvalue weighted by molar-refractivity contribution is 14.1. The topological polar surface area (TPSA) is 38.8 Å². The van der Waals surface area contributed by atoms with Crippen LogP contribution in [0.3, 0.4) is 0 Å². The number of amides is 1. The number of carbonyl (C=O) groups is 1. The van der Waals surface area contributed by atoms with Gasteiger partial charge in [0.05, 0.1) is 15.1 Å². The Bertz CT molecular complexity index is 703. The molecule has 0 aliphatic carbocycles. The number of rotatable bonds is 7. The minimum absolute atomic E-state index is 0.0487. The van der Waals surface area contributed by atoms with E-state index in [1.165, 1.54) is 11.8 Å². The van der Waals surface area contributed by atoms with Gasteiger partial charge in [-0.3, -0.25) is 9.69 Å². The number of thiocarbonyl (C=S) groups is 1. The number of thioether (sulfide) groups is 1. The van der Waals surface area contributed by atoms with Crippen molar-refractivity contribution < 1.29 is 14.3 Å². The van der Waals surface area contributed by atoms with Crippen molar-refractivity contribution in [1.82, 2.24) is 4.90 Å². The highest BCUT2D eigenvalue weighted by Crippen LogP contribution is 2.37. The summed E-state index contributed by atoms with van der Waals surface area (Å²) in [6, 6.07) is 3.84. The summed E-state index contributed by atoms with van der Waals surface area (Å²) in [6.07, 6.45) is 3.53. The van der Waals surface area contributed by atoms with Crippen molar-refractivity contribution in [2.45, 2.75) is 13.8 Å².